The molecule has 1 spiro atoms. The number of amides is 4. The van der Waals surface area contributed by atoms with Gasteiger partial charge in [-0.3, -0.25) is 29.5 Å². The van der Waals surface area contributed by atoms with Crippen LogP contribution in [0.3, 0.4) is 0 Å². The number of non-ortho nitro benzene ring substituents is 1. The minimum Gasteiger partial charge on any atom is -0.370 e. The Kier molecular flexibility index (Phi) is 4.41. The van der Waals surface area contributed by atoms with Crippen LogP contribution < -0.4 is 4.90 Å². The smallest absolute Gasteiger partial charge is 0.332 e. The van der Waals surface area contributed by atoms with Crippen LogP contribution >= 0.6 is 0 Å². The molecule has 27 heavy (non-hydrogen) atoms. The van der Waals surface area contributed by atoms with E-state index < -0.39 is 34.2 Å². The molecule has 4 amide bonds. The van der Waals surface area contributed by atoms with Gasteiger partial charge in [0.15, 0.2) is 5.41 Å². The lowest BCUT2D eigenvalue weighted by Crippen LogP contribution is -2.71. The molecule has 1 saturated heterocycles. The molecule has 9 heteroatoms. The standard InChI is InChI=1S/C18H22N4O5/c1-5-6-14-18(15(23)20(3)17(25)21(4)16(18)24)10-11-9-12(22(26)27)7-8-13(11)19(14)2/h7-9,14H,5-6,10H2,1-4H3/t14-/m0/s1. The summed E-state index contributed by atoms with van der Waals surface area (Å²) in [5.41, 5.74) is -0.270. The number of nitro groups is 1. The summed E-state index contributed by atoms with van der Waals surface area (Å²) >= 11 is 0. The van der Waals surface area contributed by atoms with Crippen molar-refractivity contribution in [3.8, 4) is 0 Å². The zero-order valence-corrected chi connectivity index (χ0v) is 15.8. The predicted octanol–water partition coefficient (Wildman–Crippen LogP) is 1.79. The largest absolute Gasteiger partial charge is 0.370 e. The Morgan fingerprint density at radius 3 is 2.26 bits per heavy atom. The molecule has 0 N–H and O–H groups in total. The lowest BCUT2D eigenvalue weighted by atomic mass is 9.67. The quantitative estimate of drug-likeness (QED) is 0.454. The number of fused-ring (bicyclic) bond motifs is 1. The van der Waals surface area contributed by atoms with Crippen molar-refractivity contribution in [1.82, 2.24) is 9.80 Å². The van der Waals surface area contributed by atoms with Gasteiger partial charge in [-0.05, 0) is 18.1 Å². The molecule has 1 atom stereocenters. The third-order valence-corrected chi connectivity index (χ3v) is 5.67. The molecule has 0 radical (unpaired) electrons. The van der Waals surface area contributed by atoms with Gasteiger partial charge in [0, 0.05) is 45.4 Å². The number of carbonyl (C=O) groups is 3. The van der Waals surface area contributed by atoms with Crippen molar-refractivity contribution in [2.45, 2.75) is 32.2 Å². The molecule has 9 nitrogen and oxygen atoms in total. The van der Waals surface area contributed by atoms with Gasteiger partial charge in [-0.1, -0.05) is 13.3 Å². The Labute approximate surface area is 156 Å². The average Bonchev–Trinajstić information content (AvgIpc) is 2.65. The van der Waals surface area contributed by atoms with Crippen LogP contribution in [0.4, 0.5) is 16.2 Å². The number of benzene rings is 1. The molecule has 0 aliphatic carbocycles. The van der Waals surface area contributed by atoms with Crippen molar-refractivity contribution >= 4 is 29.2 Å². The fourth-order valence-corrected chi connectivity index (χ4v) is 4.33. The van der Waals surface area contributed by atoms with E-state index in [2.05, 4.69) is 0 Å². The molecule has 3 rings (SSSR count). The monoisotopic (exact) mass is 374 g/mol. The maximum atomic E-state index is 13.2. The van der Waals surface area contributed by atoms with Crippen LogP contribution in [0.1, 0.15) is 25.3 Å². The van der Waals surface area contributed by atoms with E-state index in [4.69, 9.17) is 0 Å². The minimum absolute atomic E-state index is 0.0264. The van der Waals surface area contributed by atoms with Crippen LogP contribution in [0.25, 0.3) is 0 Å². The molecule has 1 aromatic carbocycles. The second-order valence-electron chi connectivity index (χ2n) is 7.14. The first-order chi connectivity index (χ1) is 12.7. The van der Waals surface area contributed by atoms with Crippen molar-refractivity contribution < 1.29 is 19.3 Å². The first kappa shape index (κ1) is 18.8. The molecule has 1 fully saturated rings. The zero-order valence-electron chi connectivity index (χ0n) is 15.8. The highest BCUT2D eigenvalue weighted by atomic mass is 16.6. The number of carbonyl (C=O) groups excluding carboxylic acids is 3. The SMILES string of the molecule is CCC[C@@H]1N(C)c2ccc([N+](=O)[O-])cc2CC12C(=O)N(C)C(=O)N(C)C2=O. The number of urea groups is 1. The first-order valence-corrected chi connectivity index (χ1v) is 8.77. The number of barbiturate groups is 1. The van der Waals surface area contributed by atoms with Gasteiger partial charge in [0.1, 0.15) is 0 Å². The van der Waals surface area contributed by atoms with Gasteiger partial charge in [0.05, 0.1) is 11.0 Å². The molecule has 0 aromatic heterocycles. The highest BCUT2D eigenvalue weighted by Gasteiger charge is 2.62. The number of nitro benzene ring substituents is 1. The van der Waals surface area contributed by atoms with E-state index in [-0.39, 0.29) is 12.1 Å². The molecule has 2 heterocycles. The lowest BCUT2D eigenvalue weighted by Gasteiger charge is -2.52. The van der Waals surface area contributed by atoms with Gasteiger partial charge in [0.25, 0.3) is 5.69 Å². The highest BCUT2D eigenvalue weighted by Crippen LogP contribution is 2.47. The fraction of sp³-hybridized carbons (Fsp3) is 0.500. The molecule has 144 valence electrons. The molecular formula is C18H22N4O5. The Morgan fingerprint density at radius 1 is 1.15 bits per heavy atom. The molecule has 0 saturated carbocycles. The number of hydrogen-bond acceptors (Lipinski definition) is 6. The van der Waals surface area contributed by atoms with E-state index in [0.717, 1.165) is 21.9 Å². The van der Waals surface area contributed by atoms with Crippen LogP contribution in [0.5, 0.6) is 0 Å². The lowest BCUT2D eigenvalue weighted by molar-refractivity contribution is -0.384. The third-order valence-electron chi connectivity index (χ3n) is 5.67. The van der Waals surface area contributed by atoms with Gasteiger partial charge in [-0.15, -0.1) is 0 Å². The molecule has 0 bridgehead atoms. The third kappa shape index (κ3) is 2.48. The summed E-state index contributed by atoms with van der Waals surface area (Å²) in [6, 6.07) is 3.36. The van der Waals surface area contributed by atoms with E-state index in [1.165, 1.54) is 26.2 Å². The summed E-state index contributed by atoms with van der Waals surface area (Å²) in [5, 5.41) is 11.2. The Balaban J connectivity index is 2.22. The van der Waals surface area contributed by atoms with Crippen LogP contribution in [0, 0.1) is 15.5 Å². The Morgan fingerprint density at radius 2 is 1.74 bits per heavy atom. The van der Waals surface area contributed by atoms with Gasteiger partial charge in [-0.2, -0.15) is 0 Å². The molecule has 1 aromatic rings. The Bertz CT molecular complexity index is 828. The maximum Gasteiger partial charge on any atom is 0.332 e. The summed E-state index contributed by atoms with van der Waals surface area (Å²) in [6.07, 6.45) is 1.33. The van der Waals surface area contributed by atoms with E-state index >= 15 is 0 Å². The van der Waals surface area contributed by atoms with Crippen molar-refractivity contribution in [1.29, 1.82) is 0 Å². The topological polar surface area (TPSA) is 104 Å². The van der Waals surface area contributed by atoms with E-state index in [0.29, 0.717) is 12.0 Å². The van der Waals surface area contributed by atoms with Crippen LogP contribution in [0.15, 0.2) is 18.2 Å². The minimum atomic E-state index is -1.48. The van der Waals surface area contributed by atoms with E-state index in [1.807, 2.05) is 11.8 Å². The Hall–Kier alpha value is -2.97. The second kappa shape index (κ2) is 6.33. The number of imide groups is 2. The summed E-state index contributed by atoms with van der Waals surface area (Å²) in [5.74, 6) is -1.11. The normalized spacial score (nSPS) is 21.7. The second-order valence-corrected chi connectivity index (χ2v) is 7.14. The van der Waals surface area contributed by atoms with Crippen LogP contribution in [0.2, 0.25) is 0 Å². The van der Waals surface area contributed by atoms with Gasteiger partial charge < -0.3 is 4.90 Å². The molecule has 2 aliphatic heterocycles. The van der Waals surface area contributed by atoms with Crippen molar-refractivity contribution in [3.63, 3.8) is 0 Å². The first-order valence-electron chi connectivity index (χ1n) is 8.77. The van der Waals surface area contributed by atoms with E-state index in [1.54, 1.807) is 13.1 Å². The molecule has 0 unspecified atom stereocenters. The highest BCUT2D eigenvalue weighted by molar-refractivity contribution is 6.20. The summed E-state index contributed by atoms with van der Waals surface area (Å²) in [7, 11) is 4.51. The van der Waals surface area contributed by atoms with E-state index in [9.17, 15) is 24.5 Å². The summed E-state index contributed by atoms with van der Waals surface area (Å²) in [4.78, 5) is 53.1. The van der Waals surface area contributed by atoms with Gasteiger partial charge >= 0.3 is 6.03 Å². The molecule has 2 aliphatic rings. The number of hydrogen-bond donors (Lipinski definition) is 0. The van der Waals surface area contributed by atoms with Crippen molar-refractivity contribution in [2.75, 3.05) is 26.0 Å². The number of anilines is 1. The van der Waals surface area contributed by atoms with Gasteiger partial charge in [0.2, 0.25) is 11.8 Å². The summed E-state index contributed by atoms with van der Waals surface area (Å²) in [6.45, 7) is 1.96. The number of rotatable bonds is 3. The average molecular weight is 374 g/mol. The summed E-state index contributed by atoms with van der Waals surface area (Å²) < 4.78 is 0. The fourth-order valence-electron chi connectivity index (χ4n) is 4.33. The van der Waals surface area contributed by atoms with Crippen molar-refractivity contribution in [3.05, 3.63) is 33.9 Å². The van der Waals surface area contributed by atoms with Crippen LogP contribution in [-0.4, -0.2) is 59.8 Å². The molecular weight excluding hydrogens is 352 g/mol. The zero-order chi connectivity index (χ0) is 20.1. The number of nitrogens with zero attached hydrogens (tertiary/aromatic N) is 4. The van der Waals surface area contributed by atoms with Crippen molar-refractivity contribution in [2.24, 2.45) is 5.41 Å². The van der Waals surface area contributed by atoms with Gasteiger partial charge in [-0.25, -0.2) is 4.79 Å². The van der Waals surface area contributed by atoms with Crippen LogP contribution in [-0.2, 0) is 16.0 Å². The maximum absolute atomic E-state index is 13.2. The predicted molar refractivity (Wildman–Crippen MR) is 97.3 cm³/mol.